The molecule has 0 saturated heterocycles. The minimum absolute atomic E-state index is 0.0128. The van der Waals surface area contributed by atoms with E-state index in [0.717, 1.165) is 30.1 Å². The second-order valence-electron chi connectivity index (χ2n) is 8.18. The van der Waals surface area contributed by atoms with Crippen molar-refractivity contribution in [1.82, 2.24) is 4.90 Å². The van der Waals surface area contributed by atoms with Crippen molar-refractivity contribution in [2.45, 2.75) is 37.8 Å². The van der Waals surface area contributed by atoms with E-state index >= 15 is 0 Å². The van der Waals surface area contributed by atoms with Gasteiger partial charge < -0.3 is 23.8 Å². The van der Waals surface area contributed by atoms with Crippen LogP contribution in [-0.2, 0) is 11.2 Å². The lowest BCUT2D eigenvalue weighted by Gasteiger charge is -2.44. The molecule has 0 N–H and O–H groups in total. The van der Waals surface area contributed by atoms with E-state index in [4.69, 9.17) is 18.9 Å². The first-order valence-corrected chi connectivity index (χ1v) is 10.8. The summed E-state index contributed by atoms with van der Waals surface area (Å²) in [5.74, 6) is 3.31. The highest BCUT2D eigenvalue weighted by Gasteiger charge is 2.53. The minimum atomic E-state index is -0.312. The number of amides is 1. The number of ether oxygens (including phenoxy) is 4. The molecule has 0 saturated carbocycles. The number of likely N-dealkylation sites (N-methyl/N-ethyl adjacent to an activating group) is 1. The average Bonchev–Trinajstić information content (AvgIpc) is 3.20. The number of allylic oxidation sites excluding steroid dienone is 1. The highest BCUT2D eigenvalue weighted by molar-refractivity contribution is 5.71. The van der Waals surface area contributed by atoms with Crippen LogP contribution in [0, 0.1) is 5.92 Å². The lowest BCUT2D eigenvalue weighted by molar-refractivity contribution is 0.0644. The Morgan fingerprint density at radius 3 is 2.65 bits per heavy atom. The van der Waals surface area contributed by atoms with Crippen LogP contribution >= 0.6 is 0 Å². The lowest BCUT2D eigenvalue weighted by Crippen LogP contribution is -2.52. The Balaban J connectivity index is 1.52. The number of hydrogen-bond acceptors (Lipinski definition) is 5. The molecule has 0 spiro atoms. The van der Waals surface area contributed by atoms with E-state index in [1.165, 1.54) is 11.1 Å². The van der Waals surface area contributed by atoms with E-state index < -0.39 is 0 Å². The van der Waals surface area contributed by atoms with Gasteiger partial charge in [-0.2, -0.15) is 0 Å². The molecule has 3 aliphatic rings. The molecule has 1 aliphatic heterocycles. The van der Waals surface area contributed by atoms with Gasteiger partial charge in [0.05, 0.1) is 14.2 Å². The number of rotatable bonds is 5. The molecule has 0 radical (unpaired) electrons. The van der Waals surface area contributed by atoms with Crippen molar-refractivity contribution in [2.75, 3.05) is 20.8 Å². The Hall–Kier alpha value is -3.15. The van der Waals surface area contributed by atoms with Gasteiger partial charge in [-0.25, -0.2) is 4.79 Å². The number of hydrogen-bond donors (Lipinski definition) is 0. The smallest absolute Gasteiger partial charge is 0.415 e. The quantitative estimate of drug-likeness (QED) is 0.710. The Labute approximate surface area is 182 Å². The van der Waals surface area contributed by atoms with E-state index in [0.29, 0.717) is 12.3 Å². The Bertz CT molecular complexity index is 1020. The molecule has 31 heavy (non-hydrogen) atoms. The molecule has 1 heterocycles. The molecular formula is C25H27NO5. The normalized spacial score (nSPS) is 25.1. The van der Waals surface area contributed by atoms with Crippen molar-refractivity contribution in [1.29, 1.82) is 0 Å². The number of nitrogens with zero attached hydrogens (tertiary/aromatic N) is 1. The zero-order valence-corrected chi connectivity index (χ0v) is 18.0. The fourth-order valence-electron chi connectivity index (χ4n) is 5.45. The Kier molecular flexibility index (Phi) is 5.00. The van der Waals surface area contributed by atoms with Crippen molar-refractivity contribution >= 4 is 6.09 Å². The van der Waals surface area contributed by atoms with Crippen LogP contribution in [-0.4, -0.2) is 43.9 Å². The molecule has 2 aliphatic carbocycles. The molecule has 2 aromatic carbocycles. The molecule has 0 bridgehead atoms. The summed E-state index contributed by atoms with van der Waals surface area (Å²) in [6, 6.07) is 13.3. The maximum atomic E-state index is 13.2. The van der Waals surface area contributed by atoms with Crippen molar-refractivity contribution in [3.63, 3.8) is 0 Å². The zero-order chi connectivity index (χ0) is 21.5. The highest BCUT2D eigenvalue weighted by Crippen LogP contribution is 2.57. The van der Waals surface area contributed by atoms with Crippen molar-refractivity contribution < 1.29 is 23.7 Å². The van der Waals surface area contributed by atoms with Crippen molar-refractivity contribution in [3.05, 3.63) is 65.4 Å². The maximum Gasteiger partial charge on any atom is 0.415 e. The number of para-hydroxylation sites is 1. The molecule has 6 heteroatoms. The van der Waals surface area contributed by atoms with Gasteiger partial charge >= 0.3 is 6.09 Å². The molecule has 1 amide bonds. The van der Waals surface area contributed by atoms with E-state index in [9.17, 15) is 4.79 Å². The summed E-state index contributed by atoms with van der Waals surface area (Å²) in [5, 5.41) is 0. The first kappa shape index (κ1) is 19.8. The van der Waals surface area contributed by atoms with Crippen LogP contribution in [0.5, 0.6) is 17.2 Å². The first-order chi connectivity index (χ1) is 15.2. The van der Waals surface area contributed by atoms with Gasteiger partial charge in [0.25, 0.3) is 0 Å². The number of carbonyl (C=O) groups is 1. The second-order valence-corrected chi connectivity index (χ2v) is 8.18. The summed E-state index contributed by atoms with van der Waals surface area (Å²) in [7, 11) is 3.35. The molecular weight excluding hydrogens is 394 g/mol. The van der Waals surface area contributed by atoms with Gasteiger partial charge in [-0.3, -0.25) is 0 Å². The van der Waals surface area contributed by atoms with Crippen molar-refractivity contribution in [2.24, 2.45) is 5.92 Å². The largest absolute Gasteiger partial charge is 0.497 e. The SMILES string of the molecule is CCN(C(=O)Oc1ccccc1)[C@H]1Cc2ccc(OC)c3c2C2C1CC=C(OC)[C@H]2O3. The van der Waals surface area contributed by atoms with E-state index in [1.807, 2.05) is 36.1 Å². The molecule has 4 atom stereocenters. The molecule has 5 rings (SSSR count). The fourth-order valence-corrected chi connectivity index (χ4v) is 5.45. The van der Waals surface area contributed by atoms with Gasteiger partial charge in [-0.15, -0.1) is 0 Å². The summed E-state index contributed by atoms with van der Waals surface area (Å²) in [6.07, 6.45) is 3.19. The summed E-state index contributed by atoms with van der Waals surface area (Å²) >= 11 is 0. The highest BCUT2D eigenvalue weighted by atomic mass is 16.6. The first-order valence-electron chi connectivity index (χ1n) is 10.8. The predicted molar refractivity (Wildman–Crippen MR) is 116 cm³/mol. The molecule has 2 aromatic rings. The third-order valence-electron chi connectivity index (χ3n) is 6.79. The van der Waals surface area contributed by atoms with Crippen LogP contribution < -0.4 is 14.2 Å². The average molecular weight is 421 g/mol. The van der Waals surface area contributed by atoms with Crippen LogP contribution in [0.3, 0.4) is 0 Å². The van der Waals surface area contributed by atoms with Crippen LogP contribution in [0.1, 0.15) is 30.4 Å². The number of methoxy groups -OCH3 is 2. The van der Waals surface area contributed by atoms with Gasteiger partial charge in [0, 0.05) is 24.1 Å². The third-order valence-corrected chi connectivity index (χ3v) is 6.79. The number of benzene rings is 2. The lowest BCUT2D eigenvalue weighted by atomic mass is 9.66. The topological polar surface area (TPSA) is 57.2 Å². The van der Waals surface area contributed by atoms with Gasteiger partial charge in [-0.05, 0) is 55.5 Å². The second kappa shape index (κ2) is 7.84. The molecule has 0 fully saturated rings. The minimum Gasteiger partial charge on any atom is -0.497 e. The number of carbonyl (C=O) groups excluding carboxylic acids is 1. The van der Waals surface area contributed by atoms with Gasteiger partial charge in [-0.1, -0.05) is 24.3 Å². The standard InChI is InChI=1S/C25H27NO5/c1-4-26(25(27)30-16-8-6-5-7-9-16)18-14-15-10-12-19(28-2)23-21(15)22-17(18)11-13-20(29-3)24(22)31-23/h5-10,12-13,17-18,22,24H,4,11,14H2,1-3H3/t17?,18-,22?,24+/m0/s1. The molecule has 0 aromatic heterocycles. The fraction of sp³-hybridized carbons (Fsp3) is 0.400. The van der Waals surface area contributed by atoms with E-state index in [2.05, 4.69) is 12.1 Å². The Morgan fingerprint density at radius 1 is 1.13 bits per heavy atom. The zero-order valence-electron chi connectivity index (χ0n) is 18.0. The van der Waals surface area contributed by atoms with Gasteiger partial charge in [0.2, 0.25) is 0 Å². The van der Waals surface area contributed by atoms with E-state index in [1.54, 1.807) is 26.4 Å². The summed E-state index contributed by atoms with van der Waals surface area (Å²) < 4.78 is 23.3. The van der Waals surface area contributed by atoms with Crippen molar-refractivity contribution in [3.8, 4) is 17.2 Å². The summed E-state index contributed by atoms with van der Waals surface area (Å²) in [6.45, 7) is 2.58. The van der Waals surface area contributed by atoms with E-state index in [-0.39, 0.29) is 30.1 Å². The predicted octanol–water partition coefficient (Wildman–Crippen LogP) is 4.54. The molecule has 6 nitrogen and oxygen atoms in total. The molecule has 162 valence electrons. The van der Waals surface area contributed by atoms with Crippen LogP contribution in [0.2, 0.25) is 0 Å². The summed E-state index contributed by atoms with van der Waals surface area (Å²) in [4.78, 5) is 15.0. The molecule has 2 unspecified atom stereocenters. The van der Waals surface area contributed by atoms with Crippen LogP contribution in [0.25, 0.3) is 0 Å². The third kappa shape index (κ3) is 3.12. The monoisotopic (exact) mass is 421 g/mol. The maximum absolute atomic E-state index is 13.2. The van der Waals surface area contributed by atoms with Crippen LogP contribution in [0.15, 0.2) is 54.3 Å². The van der Waals surface area contributed by atoms with Gasteiger partial charge in [0.15, 0.2) is 17.6 Å². The van der Waals surface area contributed by atoms with Gasteiger partial charge in [0.1, 0.15) is 11.5 Å². The summed E-state index contributed by atoms with van der Waals surface area (Å²) in [5.41, 5.74) is 2.41. The Morgan fingerprint density at radius 2 is 1.94 bits per heavy atom. The van der Waals surface area contributed by atoms with Crippen LogP contribution in [0.4, 0.5) is 4.79 Å².